The van der Waals surface area contributed by atoms with Crippen molar-refractivity contribution < 1.29 is 13.9 Å². The highest BCUT2D eigenvalue weighted by molar-refractivity contribution is 9.10. The molecule has 0 bridgehead atoms. The Labute approximate surface area is 118 Å². The molecule has 0 saturated carbocycles. The van der Waals surface area contributed by atoms with Crippen LogP contribution >= 0.6 is 27.5 Å². The summed E-state index contributed by atoms with van der Waals surface area (Å²) in [6.07, 6.45) is 1.53. The molecule has 0 unspecified atom stereocenters. The number of hydrogen-bond acceptors (Lipinski definition) is 2. The number of benzene rings is 1. The zero-order valence-electron chi connectivity index (χ0n) is 9.51. The van der Waals surface area contributed by atoms with Crippen molar-refractivity contribution in [2.75, 3.05) is 13.2 Å². The number of rotatable bonds is 2. The molecule has 3 nitrogen and oxygen atoms in total. The molecule has 1 fully saturated rings. The van der Waals surface area contributed by atoms with Gasteiger partial charge in [0.15, 0.2) is 0 Å². The first-order valence-electron chi connectivity index (χ1n) is 5.61. The van der Waals surface area contributed by atoms with Crippen molar-refractivity contribution in [1.82, 2.24) is 5.32 Å². The Hall–Kier alpha value is -0.650. The van der Waals surface area contributed by atoms with Crippen LogP contribution < -0.4 is 5.32 Å². The molecule has 18 heavy (non-hydrogen) atoms. The lowest BCUT2D eigenvalue weighted by molar-refractivity contribution is 0.0696. The Morgan fingerprint density at radius 3 is 2.78 bits per heavy atom. The smallest absolute Gasteiger partial charge is 0.253 e. The molecule has 1 saturated heterocycles. The van der Waals surface area contributed by atoms with E-state index < -0.39 is 5.82 Å². The van der Waals surface area contributed by atoms with Crippen molar-refractivity contribution in [3.8, 4) is 0 Å². The molecule has 1 heterocycles. The maximum atomic E-state index is 13.3. The molecular weight excluding hydrogens is 324 g/mol. The largest absolute Gasteiger partial charge is 0.381 e. The second-order valence-corrected chi connectivity index (χ2v) is 5.34. The van der Waals surface area contributed by atoms with E-state index in [1.807, 2.05) is 0 Å². The third-order valence-electron chi connectivity index (χ3n) is 2.79. The van der Waals surface area contributed by atoms with Gasteiger partial charge in [-0.1, -0.05) is 11.6 Å². The molecule has 0 radical (unpaired) electrons. The van der Waals surface area contributed by atoms with E-state index in [1.165, 1.54) is 6.07 Å². The Kier molecular flexibility index (Phi) is 4.59. The minimum Gasteiger partial charge on any atom is -0.381 e. The lowest BCUT2D eigenvalue weighted by Gasteiger charge is -2.23. The van der Waals surface area contributed by atoms with Crippen LogP contribution in [0.2, 0.25) is 5.02 Å². The Morgan fingerprint density at radius 2 is 2.11 bits per heavy atom. The van der Waals surface area contributed by atoms with Gasteiger partial charge in [0.1, 0.15) is 5.82 Å². The Balaban J connectivity index is 2.13. The van der Waals surface area contributed by atoms with E-state index in [-0.39, 0.29) is 22.5 Å². The first-order chi connectivity index (χ1) is 8.58. The summed E-state index contributed by atoms with van der Waals surface area (Å²) in [4.78, 5) is 12.0. The summed E-state index contributed by atoms with van der Waals surface area (Å²) in [5.74, 6) is -0.851. The van der Waals surface area contributed by atoms with Crippen LogP contribution in [0.4, 0.5) is 4.39 Å². The summed E-state index contributed by atoms with van der Waals surface area (Å²) in [7, 11) is 0. The molecule has 0 aliphatic carbocycles. The van der Waals surface area contributed by atoms with Gasteiger partial charge in [0.25, 0.3) is 5.91 Å². The molecule has 0 aromatic heterocycles. The number of carbonyl (C=O) groups is 1. The zero-order valence-corrected chi connectivity index (χ0v) is 11.9. The summed E-state index contributed by atoms with van der Waals surface area (Å²) in [5.41, 5.74) is 0.148. The zero-order chi connectivity index (χ0) is 13.1. The van der Waals surface area contributed by atoms with Crippen molar-refractivity contribution in [2.45, 2.75) is 18.9 Å². The van der Waals surface area contributed by atoms with Crippen LogP contribution in [-0.2, 0) is 4.74 Å². The van der Waals surface area contributed by atoms with Crippen LogP contribution in [0.15, 0.2) is 16.6 Å². The van der Waals surface area contributed by atoms with Gasteiger partial charge in [0, 0.05) is 23.7 Å². The lowest BCUT2D eigenvalue weighted by atomic mass is 10.1. The van der Waals surface area contributed by atoms with Gasteiger partial charge in [-0.3, -0.25) is 4.79 Å². The number of carbonyl (C=O) groups excluding carboxylic acids is 1. The summed E-state index contributed by atoms with van der Waals surface area (Å²) in [5, 5.41) is 3.06. The number of hydrogen-bond donors (Lipinski definition) is 1. The maximum Gasteiger partial charge on any atom is 0.253 e. The van der Waals surface area contributed by atoms with Crippen LogP contribution in [0.3, 0.4) is 0 Å². The van der Waals surface area contributed by atoms with Crippen molar-refractivity contribution >= 4 is 33.4 Å². The molecule has 2 rings (SSSR count). The summed E-state index contributed by atoms with van der Waals surface area (Å²) in [6, 6.07) is 2.43. The van der Waals surface area contributed by atoms with Crippen molar-refractivity contribution in [2.24, 2.45) is 0 Å². The maximum absolute atomic E-state index is 13.3. The van der Waals surface area contributed by atoms with Gasteiger partial charge in [0.2, 0.25) is 0 Å². The van der Waals surface area contributed by atoms with Crippen molar-refractivity contribution in [1.29, 1.82) is 0 Å². The predicted molar refractivity (Wildman–Crippen MR) is 70.4 cm³/mol. The average molecular weight is 337 g/mol. The summed E-state index contributed by atoms with van der Waals surface area (Å²) >= 11 is 9.10. The Bertz CT molecular complexity index is 464. The first kappa shape index (κ1) is 13.8. The fraction of sp³-hybridized carbons (Fsp3) is 0.417. The van der Waals surface area contributed by atoms with Gasteiger partial charge in [-0.2, -0.15) is 0 Å². The van der Waals surface area contributed by atoms with Crippen LogP contribution in [-0.4, -0.2) is 25.2 Å². The molecule has 98 valence electrons. The molecule has 0 spiro atoms. The minimum absolute atomic E-state index is 0.0596. The van der Waals surface area contributed by atoms with E-state index in [9.17, 15) is 9.18 Å². The highest BCUT2D eigenvalue weighted by Gasteiger charge is 2.20. The second kappa shape index (κ2) is 5.99. The highest BCUT2D eigenvalue weighted by atomic mass is 79.9. The number of halogens is 3. The van der Waals surface area contributed by atoms with E-state index >= 15 is 0 Å². The molecule has 1 aromatic rings. The van der Waals surface area contributed by atoms with E-state index in [0.29, 0.717) is 17.7 Å². The Morgan fingerprint density at radius 1 is 1.44 bits per heavy atom. The lowest BCUT2D eigenvalue weighted by Crippen LogP contribution is -2.39. The monoisotopic (exact) mass is 335 g/mol. The molecule has 1 N–H and O–H groups in total. The quantitative estimate of drug-likeness (QED) is 0.843. The molecule has 6 heteroatoms. The van der Waals surface area contributed by atoms with Gasteiger partial charge in [-0.05, 0) is 40.9 Å². The van der Waals surface area contributed by atoms with Crippen molar-refractivity contribution in [3.05, 3.63) is 33.0 Å². The van der Waals surface area contributed by atoms with Crippen LogP contribution in [0.5, 0.6) is 0 Å². The number of nitrogens with one attached hydrogen (secondary N) is 1. The minimum atomic E-state index is -0.497. The summed E-state index contributed by atoms with van der Waals surface area (Å²) < 4.78 is 18.8. The molecule has 1 aromatic carbocycles. The molecular formula is C12H12BrClFNO2. The fourth-order valence-electron chi connectivity index (χ4n) is 1.83. The SMILES string of the molecule is O=C(NC1CCOCC1)c1cc(F)cc(Br)c1Cl. The second-order valence-electron chi connectivity index (χ2n) is 4.11. The summed E-state index contributed by atoms with van der Waals surface area (Å²) in [6.45, 7) is 1.26. The topological polar surface area (TPSA) is 38.3 Å². The molecule has 0 atom stereocenters. The molecule has 1 amide bonds. The normalized spacial score (nSPS) is 16.6. The molecule has 1 aliphatic rings. The van der Waals surface area contributed by atoms with Gasteiger partial charge in [0.05, 0.1) is 10.6 Å². The van der Waals surface area contributed by atoms with E-state index in [1.54, 1.807) is 0 Å². The van der Waals surface area contributed by atoms with Gasteiger partial charge < -0.3 is 10.1 Å². The van der Waals surface area contributed by atoms with E-state index in [4.69, 9.17) is 16.3 Å². The van der Waals surface area contributed by atoms with E-state index in [2.05, 4.69) is 21.2 Å². The first-order valence-corrected chi connectivity index (χ1v) is 6.78. The standard InChI is InChI=1S/C12H12BrClFNO2/c13-10-6-7(15)5-9(11(10)14)12(17)16-8-1-3-18-4-2-8/h5-6,8H,1-4H2,(H,16,17). The van der Waals surface area contributed by atoms with Gasteiger partial charge >= 0.3 is 0 Å². The highest BCUT2D eigenvalue weighted by Crippen LogP contribution is 2.27. The van der Waals surface area contributed by atoms with E-state index in [0.717, 1.165) is 18.9 Å². The average Bonchev–Trinajstić information content (AvgIpc) is 2.35. The predicted octanol–water partition coefficient (Wildman–Crippen LogP) is 3.15. The van der Waals surface area contributed by atoms with Gasteiger partial charge in [-0.15, -0.1) is 0 Å². The molecule has 1 aliphatic heterocycles. The fourth-order valence-corrected chi connectivity index (χ4v) is 2.45. The van der Waals surface area contributed by atoms with Crippen LogP contribution in [0.25, 0.3) is 0 Å². The number of amides is 1. The van der Waals surface area contributed by atoms with Crippen LogP contribution in [0, 0.1) is 5.82 Å². The third-order valence-corrected chi connectivity index (χ3v) is 4.06. The third kappa shape index (κ3) is 3.22. The van der Waals surface area contributed by atoms with Gasteiger partial charge in [-0.25, -0.2) is 4.39 Å². The number of ether oxygens (including phenoxy) is 1. The van der Waals surface area contributed by atoms with Crippen molar-refractivity contribution in [3.63, 3.8) is 0 Å². The van der Waals surface area contributed by atoms with Crippen LogP contribution in [0.1, 0.15) is 23.2 Å².